The van der Waals surface area contributed by atoms with Crippen molar-refractivity contribution < 1.29 is 13.2 Å². The molecular weight excluding hydrogens is 294 g/mol. The smallest absolute Gasteiger partial charge is 0.171 e. The number of thioether (sulfide) groups is 1. The number of anilines is 1. The molecule has 1 aliphatic rings. The molecule has 0 spiro atoms. The van der Waals surface area contributed by atoms with Crippen molar-refractivity contribution >= 4 is 33.1 Å². The zero-order valence-corrected chi connectivity index (χ0v) is 13.3. The first-order chi connectivity index (χ1) is 9.47. The Morgan fingerprint density at radius 3 is 2.75 bits per heavy atom. The summed E-state index contributed by atoms with van der Waals surface area (Å²) in [6.07, 6.45) is 0. The van der Waals surface area contributed by atoms with E-state index in [0.717, 1.165) is 11.4 Å². The van der Waals surface area contributed by atoms with Crippen molar-refractivity contribution in [1.82, 2.24) is 0 Å². The Labute approximate surface area is 124 Å². The van der Waals surface area contributed by atoms with Gasteiger partial charge < -0.3 is 4.90 Å². The van der Waals surface area contributed by atoms with Crippen molar-refractivity contribution in [2.45, 2.75) is 19.2 Å². The Balaban J connectivity index is 2.46. The summed E-state index contributed by atoms with van der Waals surface area (Å²) in [6, 6.07) is 7.25. The highest BCUT2D eigenvalue weighted by Crippen LogP contribution is 2.30. The summed E-state index contributed by atoms with van der Waals surface area (Å²) in [5.74, 6) is 1.52. The van der Waals surface area contributed by atoms with E-state index < -0.39 is 15.2 Å². The Hall–Kier alpha value is -1.01. The van der Waals surface area contributed by atoms with Crippen LogP contribution >= 0.6 is 11.8 Å². The van der Waals surface area contributed by atoms with Crippen molar-refractivity contribution in [3.05, 3.63) is 29.8 Å². The van der Waals surface area contributed by atoms with Crippen LogP contribution in [0.25, 0.3) is 0 Å². The zero-order chi connectivity index (χ0) is 14.8. The van der Waals surface area contributed by atoms with E-state index in [9.17, 15) is 13.2 Å². The standard InChI is InChI=1S/C14H19NO3S2/c1-3-20(17,18)14-10-19-9-8-15(14)13-7-5-4-6-12(13)11(2)16/h4-7,14H,3,8-10H2,1-2H3. The molecule has 110 valence electrons. The van der Waals surface area contributed by atoms with Gasteiger partial charge in [0, 0.05) is 35.1 Å². The third kappa shape index (κ3) is 3.01. The molecule has 0 N–H and O–H groups in total. The van der Waals surface area contributed by atoms with Crippen LogP contribution in [0.1, 0.15) is 24.2 Å². The van der Waals surface area contributed by atoms with Crippen LogP contribution in [-0.4, -0.2) is 43.4 Å². The maximum Gasteiger partial charge on any atom is 0.171 e. The SMILES string of the molecule is CCS(=O)(=O)C1CSCCN1c1ccccc1C(C)=O. The molecule has 20 heavy (non-hydrogen) atoms. The summed E-state index contributed by atoms with van der Waals surface area (Å²) >= 11 is 1.65. The summed E-state index contributed by atoms with van der Waals surface area (Å²) < 4.78 is 24.6. The molecule has 1 atom stereocenters. The van der Waals surface area contributed by atoms with Crippen molar-refractivity contribution in [2.75, 3.05) is 28.7 Å². The van der Waals surface area contributed by atoms with E-state index >= 15 is 0 Å². The van der Waals surface area contributed by atoms with Gasteiger partial charge in [-0.05, 0) is 19.1 Å². The fourth-order valence-electron chi connectivity index (χ4n) is 2.37. The van der Waals surface area contributed by atoms with Gasteiger partial charge in [-0.15, -0.1) is 0 Å². The van der Waals surface area contributed by atoms with Gasteiger partial charge in [0.15, 0.2) is 15.6 Å². The Morgan fingerprint density at radius 1 is 1.40 bits per heavy atom. The Bertz CT molecular complexity index is 598. The Morgan fingerprint density at radius 2 is 2.10 bits per heavy atom. The topological polar surface area (TPSA) is 54.5 Å². The molecule has 0 amide bonds. The molecule has 0 aromatic heterocycles. The van der Waals surface area contributed by atoms with Gasteiger partial charge in [-0.2, -0.15) is 11.8 Å². The number of hydrogen-bond donors (Lipinski definition) is 0. The maximum absolute atomic E-state index is 12.3. The summed E-state index contributed by atoms with van der Waals surface area (Å²) in [5, 5.41) is -0.535. The average molecular weight is 313 g/mol. The molecule has 4 nitrogen and oxygen atoms in total. The van der Waals surface area contributed by atoms with Crippen LogP contribution in [-0.2, 0) is 9.84 Å². The highest BCUT2D eigenvalue weighted by atomic mass is 32.2. The number of carbonyl (C=O) groups is 1. The number of carbonyl (C=O) groups excluding carboxylic acids is 1. The van der Waals surface area contributed by atoms with Gasteiger partial charge in [0.2, 0.25) is 0 Å². The lowest BCUT2D eigenvalue weighted by atomic mass is 10.1. The second kappa shape index (κ2) is 6.18. The summed E-state index contributed by atoms with van der Waals surface area (Å²) in [6.45, 7) is 3.84. The monoisotopic (exact) mass is 313 g/mol. The fourth-order valence-corrected chi connectivity index (χ4v) is 5.35. The van der Waals surface area contributed by atoms with Crippen LogP contribution in [0.4, 0.5) is 5.69 Å². The van der Waals surface area contributed by atoms with Gasteiger partial charge in [0.05, 0.1) is 0 Å². The number of para-hydroxylation sites is 1. The minimum atomic E-state index is -3.17. The van der Waals surface area contributed by atoms with E-state index in [-0.39, 0.29) is 11.5 Å². The molecule has 1 saturated heterocycles. The average Bonchev–Trinajstić information content (AvgIpc) is 2.47. The molecule has 0 bridgehead atoms. The van der Waals surface area contributed by atoms with E-state index in [2.05, 4.69) is 0 Å². The van der Waals surface area contributed by atoms with Gasteiger partial charge in [-0.3, -0.25) is 4.79 Å². The summed E-state index contributed by atoms with van der Waals surface area (Å²) in [4.78, 5) is 13.6. The second-order valence-electron chi connectivity index (χ2n) is 4.75. The first-order valence-electron chi connectivity index (χ1n) is 6.63. The molecule has 1 aromatic carbocycles. The number of nitrogens with zero attached hydrogens (tertiary/aromatic N) is 1. The predicted octanol–water partition coefficient (Wildman–Crippen LogP) is 2.20. The lowest BCUT2D eigenvalue weighted by molar-refractivity contribution is 0.101. The molecule has 1 aromatic rings. The largest absolute Gasteiger partial charge is 0.353 e. The van der Waals surface area contributed by atoms with Crippen LogP contribution in [0.5, 0.6) is 0 Å². The van der Waals surface area contributed by atoms with Gasteiger partial charge in [-0.1, -0.05) is 19.1 Å². The fraction of sp³-hybridized carbons (Fsp3) is 0.500. The number of sulfone groups is 1. The van der Waals surface area contributed by atoms with Crippen molar-refractivity contribution in [1.29, 1.82) is 0 Å². The molecule has 1 heterocycles. The lowest BCUT2D eigenvalue weighted by Crippen LogP contribution is -2.48. The van der Waals surface area contributed by atoms with Gasteiger partial charge in [0.1, 0.15) is 5.37 Å². The zero-order valence-electron chi connectivity index (χ0n) is 11.7. The number of rotatable bonds is 4. The highest BCUT2D eigenvalue weighted by molar-refractivity contribution is 8.01. The van der Waals surface area contributed by atoms with Gasteiger partial charge in [-0.25, -0.2) is 8.42 Å². The van der Waals surface area contributed by atoms with E-state index in [4.69, 9.17) is 0 Å². The van der Waals surface area contributed by atoms with E-state index in [0.29, 0.717) is 17.9 Å². The van der Waals surface area contributed by atoms with Crippen LogP contribution in [0.15, 0.2) is 24.3 Å². The maximum atomic E-state index is 12.3. The summed E-state index contributed by atoms with van der Waals surface area (Å²) in [7, 11) is -3.17. The minimum Gasteiger partial charge on any atom is -0.353 e. The molecular formula is C14H19NO3S2. The van der Waals surface area contributed by atoms with Crippen molar-refractivity contribution in [2.24, 2.45) is 0 Å². The predicted molar refractivity (Wildman–Crippen MR) is 84.4 cm³/mol. The number of ketones is 1. The molecule has 0 saturated carbocycles. The number of Topliss-reactive ketones (excluding diaryl/α,β-unsaturated/α-hetero) is 1. The quantitative estimate of drug-likeness (QED) is 0.798. The molecule has 0 radical (unpaired) electrons. The molecule has 1 unspecified atom stereocenters. The highest BCUT2D eigenvalue weighted by Gasteiger charge is 2.34. The Kier molecular flexibility index (Phi) is 4.75. The van der Waals surface area contributed by atoms with E-state index in [1.54, 1.807) is 24.8 Å². The second-order valence-corrected chi connectivity index (χ2v) is 8.34. The van der Waals surface area contributed by atoms with Gasteiger partial charge >= 0.3 is 0 Å². The third-order valence-corrected chi connectivity index (χ3v) is 6.78. The van der Waals surface area contributed by atoms with E-state index in [1.807, 2.05) is 23.1 Å². The first-order valence-corrected chi connectivity index (χ1v) is 9.50. The summed E-state index contributed by atoms with van der Waals surface area (Å²) in [5.41, 5.74) is 1.33. The van der Waals surface area contributed by atoms with Crippen LogP contribution in [0.2, 0.25) is 0 Å². The van der Waals surface area contributed by atoms with Crippen LogP contribution < -0.4 is 4.90 Å². The molecule has 1 fully saturated rings. The molecule has 6 heteroatoms. The van der Waals surface area contributed by atoms with Crippen molar-refractivity contribution in [3.63, 3.8) is 0 Å². The number of benzene rings is 1. The van der Waals surface area contributed by atoms with Gasteiger partial charge in [0.25, 0.3) is 0 Å². The number of hydrogen-bond acceptors (Lipinski definition) is 5. The van der Waals surface area contributed by atoms with Crippen LogP contribution in [0, 0.1) is 0 Å². The molecule has 1 aliphatic heterocycles. The molecule has 0 aliphatic carbocycles. The third-order valence-electron chi connectivity index (χ3n) is 3.49. The lowest BCUT2D eigenvalue weighted by Gasteiger charge is -2.37. The molecule has 2 rings (SSSR count). The minimum absolute atomic E-state index is 0.0357. The van der Waals surface area contributed by atoms with Crippen molar-refractivity contribution in [3.8, 4) is 0 Å². The first kappa shape index (κ1) is 15.4. The van der Waals surface area contributed by atoms with Crippen LogP contribution in [0.3, 0.4) is 0 Å². The normalized spacial score (nSPS) is 19.9. The van der Waals surface area contributed by atoms with E-state index in [1.165, 1.54) is 6.92 Å².